The Hall–Kier alpha value is -1.93. The van der Waals surface area contributed by atoms with Crippen LogP contribution in [0.15, 0.2) is 23.1 Å². The highest BCUT2D eigenvalue weighted by Gasteiger charge is 2.25. The maximum absolute atomic E-state index is 12.8. The number of hydrogen-bond acceptors (Lipinski definition) is 4. The average molecular weight is 367 g/mol. The maximum atomic E-state index is 12.8. The summed E-state index contributed by atoms with van der Waals surface area (Å²) in [6.07, 6.45) is 0.708. The second-order valence-electron chi connectivity index (χ2n) is 6.42. The van der Waals surface area contributed by atoms with E-state index < -0.39 is 10.0 Å². The van der Waals surface area contributed by atoms with Crippen LogP contribution in [0.4, 0.5) is 0 Å². The van der Waals surface area contributed by atoms with E-state index in [2.05, 4.69) is 0 Å². The lowest BCUT2D eigenvalue weighted by Crippen LogP contribution is -2.36. The van der Waals surface area contributed by atoms with Crippen molar-refractivity contribution in [3.63, 3.8) is 0 Å². The molecule has 0 aliphatic carbocycles. The lowest BCUT2D eigenvalue weighted by Gasteiger charge is -2.22. The Morgan fingerprint density at radius 1 is 1.04 bits per heavy atom. The first-order valence-corrected chi connectivity index (χ1v) is 9.66. The predicted molar refractivity (Wildman–Crippen MR) is 94.8 cm³/mol. The summed E-state index contributed by atoms with van der Waals surface area (Å²) in [5.74, 6) is -0.204. The standard InChI is InChI=1S/C17H25N3O4S/c1-13-6-7-15(12-16(13)25(23,24)18(3)4)17(22)20-9-5-8-19(10-11-20)14(2)21/h6-7,12H,5,8-11H2,1-4H3. The van der Waals surface area contributed by atoms with E-state index in [1.54, 1.807) is 28.9 Å². The van der Waals surface area contributed by atoms with Gasteiger partial charge in [-0.15, -0.1) is 0 Å². The molecule has 0 bridgehead atoms. The average Bonchev–Trinajstić information content (AvgIpc) is 2.80. The third kappa shape index (κ3) is 4.19. The largest absolute Gasteiger partial charge is 0.341 e. The third-order valence-corrected chi connectivity index (χ3v) is 6.38. The molecule has 1 heterocycles. The molecule has 1 aromatic carbocycles. The van der Waals surface area contributed by atoms with E-state index in [-0.39, 0.29) is 16.7 Å². The molecule has 2 amide bonds. The van der Waals surface area contributed by atoms with Gasteiger partial charge in [0, 0.05) is 52.8 Å². The van der Waals surface area contributed by atoms with Crippen LogP contribution in [0, 0.1) is 6.92 Å². The summed E-state index contributed by atoms with van der Waals surface area (Å²) >= 11 is 0. The Balaban J connectivity index is 2.27. The van der Waals surface area contributed by atoms with Gasteiger partial charge in [0.25, 0.3) is 5.91 Å². The van der Waals surface area contributed by atoms with Gasteiger partial charge in [0.1, 0.15) is 0 Å². The predicted octanol–water partition coefficient (Wildman–Crippen LogP) is 0.940. The molecule has 0 radical (unpaired) electrons. The molecule has 25 heavy (non-hydrogen) atoms. The van der Waals surface area contributed by atoms with Crippen LogP contribution >= 0.6 is 0 Å². The van der Waals surface area contributed by atoms with Crippen LogP contribution in [0.1, 0.15) is 29.3 Å². The zero-order valence-electron chi connectivity index (χ0n) is 15.2. The van der Waals surface area contributed by atoms with E-state index in [0.717, 1.165) is 4.31 Å². The lowest BCUT2D eigenvalue weighted by molar-refractivity contribution is -0.128. The van der Waals surface area contributed by atoms with Gasteiger partial charge in [-0.3, -0.25) is 9.59 Å². The summed E-state index contributed by atoms with van der Waals surface area (Å²) in [5.41, 5.74) is 0.950. The van der Waals surface area contributed by atoms with Crippen molar-refractivity contribution in [1.82, 2.24) is 14.1 Å². The topological polar surface area (TPSA) is 78.0 Å². The van der Waals surface area contributed by atoms with Crippen molar-refractivity contribution in [1.29, 1.82) is 0 Å². The molecule has 138 valence electrons. The normalized spacial score (nSPS) is 16.0. The number of benzene rings is 1. The summed E-state index contributed by atoms with van der Waals surface area (Å²) in [6, 6.07) is 4.75. The van der Waals surface area contributed by atoms with Crippen LogP contribution in [0.5, 0.6) is 0 Å². The van der Waals surface area contributed by atoms with Gasteiger partial charge in [0.2, 0.25) is 15.9 Å². The Bertz CT molecular complexity index is 774. The molecule has 7 nitrogen and oxygen atoms in total. The number of aryl methyl sites for hydroxylation is 1. The smallest absolute Gasteiger partial charge is 0.253 e. The van der Waals surface area contributed by atoms with Crippen molar-refractivity contribution in [2.75, 3.05) is 40.3 Å². The zero-order valence-corrected chi connectivity index (χ0v) is 16.0. The first-order chi connectivity index (χ1) is 11.6. The Labute approximate surface area is 149 Å². The number of hydrogen-bond donors (Lipinski definition) is 0. The van der Waals surface area contributed by atoms with Crippen molar-refractivity contribution in [2.24, 2.45) is 0 Å². The van der Waals surface area contributed by atoms with E-state index >= 15 is 0 Å². The summed E-state index contributed by atoms with van der Waals surface area (Å²) < 4.78 is 26.0. The number of carbonyl (C=O) groups excluding carboxylic acids is 2. The number of amides is 2. The summed E-state index contributed by atoms with van der Waals surface area (Å²) in [4.78, 5) is 27.9. The highest BCUT2D eigenvalue weighted by Crippen LogP contribution is 2.21. The van der Waals surface area contributed by atoms with Gasteiger partial charge >= 0.3 is 0 Å². The second-order valence-corrected chi connectivity index (χ2v) is 8.54. The molecule has 1 aliphatic heterocycles. The summed E-state index contributed by atoms with van der Waals surface area (Å²) in [7, 11) is -0.678. The minimum atomic E-state index is -3.61. The zero-order chi connectivity index (χ0) is 18.8. The highest BCUT2D eigenvalue weighted by molar-refractivity contribution is 7.89. The van der Waals surface area contributed by atoms with Crippen LogP contribution in [0.3, 0.4) is 0 Å². The molecule has 1 saturated heterocycles. The highest BCUT2D eigenvalue weighted by atomic mass is 32.2. The molecular formula is C17H25N3O4S. The maximum Gasteiger partial charge on any atom is 0.253 e. The molecule has 1 aliphatic rings. The van der Waals surface area contributed by atoms with Gasteiger partial charge in [0.05, 0.1) is 4.90 Å². The van der Waals surface area contributed by atoms with E-state index in [9.17, 15) is 18.0 Å². The SMILES string of the molecule is CC(=O)N1CCCN(C(=O)c2ccc(C)c(S(=O)(=O)N(C)C)c2)CC1. The monoisotopic (exact) mass is 367 g/mol. The van der Waals surface area contributed by atoms with Crippen LogP contribution in [-0.2, 0) is 14.8 Å². The summed E-state index contributed by atoms with van der Waals surface area (Å²) in [5, 5.41) is 0. The number of rotatable bonds is 3. The Morgan fingerprint density at radius 3 is 2.24 bits per heavy atom. The minimum Gasteiger partial charge on any atom is -0.341 e. The van der Waals surface area contributed by atoms with E-state index in [1.165, 1.54) is 27.1 Å². The molecule has 0 N–H and O–H groups in total. The fourth-order valence-corrected chi connectivity index (χ4v) is 3.97. The molecule has 1 aromatic rings. The fourth-order valence-electron chi connectivity index (χ4n) is 2.83. The third-order valence-electron chi connectivity index (χ3n) is 4.42. The number of carbonyl (C=O) groups is 2. The molecule has 8 heteroatoms. The van der Waals surface area contributed by atoms with Gasteiger partial charge in [-0.1, -0.05) is 6.07 Å². The molecule has 2 rings (SSSR count). The number of sulfonamides is 1. The van der Waals surface area contributed by atoms with Crippen LogP contribution < -0.4 is 0 Å². The Kier molecular flexibility index (Phi) is 5.84. The summed E-state index contributed by atoms with van der Waals surface area (Å²) in [6.45, 7) is 5.36. The molecular weight excluding hydrogens is 342 g/mol. The second kappa shape index (κ2) is 7.53. The minimum absolute atomic E-state index is 0.00370. The first kappa shape index (κ1) is 19.4. The number of nitrogens with zero attached hydrogens (tertiary/aromatic N) is 3. The van der Waals surface area contributed by atoms with Gasteiger partial charge in [0.15, 0.2) is 0 Å². The van der Waals surface area contributed by atoms with Gasteiger partial charge in [-0.25, -0.2) is 12.7 Å². The fraction of sp³-hybridized carbons (Fsp3) is 0.529. The van der Waals surface area contributed by atoms with Crippen molar-refractivity contribution >= 4 is 21.8 Å². The molecule has 1 fully saturated rings. The van der Waals surface area contributed by atoms with Crippen LogP contribution in [0.25, 0.3) is 0 Å². The molecule has 0 spiro atoms. The van der Waals surface area contributed by atoms with E-state index in [1.807, 2.05) is 0 Å². The quantitative estimate of drug-likeness (QED) is 0.797. The van der Waals surface area contributed by atoms with E-state index in [0.29, 0.717) is 43.7 Å². The van der Waals surface area contributed by atoms with Gasteiger partial charge in [-0.2, -0.15) is 0 Å². The van der Waals surface area contributed by atoms with Crippen molar-refractivity contribution in [3.05, 3.63) is 29.3 Å². The first-order valence-electron chi connectivity index (χ1n) is 8.22. The van der Waals surface area contributed by atoms with Gasteiger partial charge < -0.3 is 9.80 Å². The molecule has 0 aromatic heterocycles. The molecule has 0 unspecified atom stereocenters. The van der Waals surface area contributed by atoms with Crippen LogP contribution in [-0.4, -0.2) is 74.6 Å². The molecule has 0 saturated carbocycles. The van der Waals surface area contributed by atoms with Crippen LogP contribution in [0.2, 0.25) is 0 Å². The Morgan fingerprint density at radius 2 is 1.64 bits per heavy atom. The van der Waals surface area contributed by atoms with Crippen molar-refractivity contribution < 1.29 is 18.0 Å². The van der Waals surface area contributed by atoms with Gasteiger partial charge in [-0.05, 0) is 31.0 Å². The van der Waals surface area contributed by atoms with Crippen molar-refractivity contribution in [2.45, 2.75) is 25.2 Å². The van der Waals surface area contributed by atoms with Crippen molar-refractivity contribution in [3.8, 4) is 0 Å². The lowest BCUT2D eigenvalue weighted by atomic mass is 10.1. The molecule has 0 atom stereocenters. The van der Waals surface area contributed by atoms with E-state index in [4.69, 9.17) is 0 Å².